The summed E-state index contributed by atoms with van der Waals surface area (Å²) in [6.07, 6.45) is 2.06. The van der Waals surface area contributed by atoms with E-state index < -0.39 is 31.0 Å². The van der Waals surface area contributed by atoms with Crippen LogP contribution >= 0.6 is 10.7 Å². The Balaban J connectivity index is 0.000000342. The number of ether oxygens (including phenoxy) is 4. The average Bonchev–Trinajstić information content (AvgIpc) is 3.16. The molecule has 4 aromatic carbocycles. The summed E-state index contributed by atoms with van der Waals surface area (Å²) in [5, 5.41) is 3.31. The van der Waals surface area contributed by atoms with Gasteiger partial charge in [-0.2, -0.15) is 4.31 Å². The van der Waals surface area contributed by atoms with Gasteiger partial charge in [0.2, 0.25) is 19.1 Å². The molecule has 4 aromatic rings. The Morgan fingerprint density at radius 1 is 0.491 bits per heavy atom. The topological polar surface area (TPSA) is 189 Å². The SMILES string of the molecule is COC(=O)c1ccc(CN(Cc2ccc(C(=O)OC)cc2)S(C)(=O)=O)cc1.COC(=O)c1ccc(CNCc2ccc(C(=O)OC)cc2)cc1.CS(=O)(=O)Cl. The fraction of sp³-hybridized carbons (Fsp3) is 0.263. The van der Waals surface area contributed by atoms with Gasteiger partial charge in [0.1, 0.15) is 0 Å². The van der Waals surface area contributed by atoms with Crippen molar-refractivity contribution in [1.29, 1.82) is 0 Å². The lowest BCUT2D eigenvalue weighted by Gasteiger charge is -2.20. The number of nitrogens with zero attached hydrogens (tertiary/aromatic N) is 1. The lowest BCUT2D eigenvalue weighted by atomic mass is 10.1. The molecule has 4 rings (SSSR count). The molecule has 0 saturated heterocycles. The number of hydrogen-bond donors (Lipinski definition) is 1. The van der Waals surface area contributed by atoms with Crippen molar-refractivity contribution in [2.45, 2.75) is 26.2 Å². The fourth-order valence-corrected chi connectivity index (χ4v) is 5.30. The third-order valence-corrected chi connectivity index (χ3v) is 8.54. The van der Waals surface area contributed by atoms with Gasteiger partial charge in [-0.3, -0.25) is 0 Å². The summed E-state index contributed by atoms with van der Waals surface area (Å²) in [5.74, 6) is -1.58. The zero-order chi connectivity index (χ0) is 41.2. The summed E-state index contributed by atoms with van der Waals surface area (Å²) in [6.45, 7) is 1.67. The van der Waals surface area contributed by atoms with Crippen LogP contribution in [0.1, 0.15) is 63.7 Å². The van der Waals surface area contributed by atoms with E-state index in [1.54, 1.807) is 72.8 Å². The van der Waals surface area contributed by atoms with Gasteiger partial charge in [-0.1, -0.05) is 48.5 Å². The molecule has 296 valence electrons. The van der Waals surface area contributed by atoms with Gasteiger partial charge >= 0.3 is 23.9 Å². The van der Waals surface area contributed by atoms with Crippen LogP contribution < -0.4 is 5.32 Å². The molecular weight excluding hydrogens is 776 g/mol. The Kier molecular flexibility index (Phi) is 18.7. The molecule has 0 heterocycles. The second-order valence-corrected chi connectivity index (χ2v) is 16.6. The molecule has 0 aliphatic heterocycles. The minimum absolute atomic E-state index is 0.152. The van der Waals surface area contributed by atoms with E-state index in [4.69, 9.17) is 0 Å². The lowest BCUT2D eigenvalue weighted by molar-refractivity contribution is 0.0592. The minimum atomic E-state index is -3.47. The minimum Gasteiger partial charge on any atom is -0.465 e. The van der Waals surface area contributed by atoms with Crippen molar-refractivity contribution < 1.29 is 55.0 Å². The van der Waals surface area contributed by atoms with Gasteiger partial charge in [-0.25, -0.2) is 36.0 Å². The van der Waals surface area contributed by atoms with Crippen LogP contribution in [0.5, 0.6) is 0 Å². The molecule has 0 aliphatic rings. The Morgan fingerprint density at radius 2 is 0.709 bits per heavy atom. The highest BCUT2D eigenvalue weighted by Gasteiger charge is 2.18. The van der Waals surface area contributed by atoms with E-state index in [1.807, 2.05) is 24.3 Å². The number of sulfonamides is 1. The molecule has 0 radical (unpaired) electrons. The molecule has 0 amide bonds. The van der Waals surface area contributed by atoms with Gasteiger partial charge < -0.3 is 24.3 Å². The molecule has 0 fully saturated rings. The molecule has 0 atom stereocenters. The number of halogens is 1. The Morgan fingerprint density at radius 3 is 0.909 bits per heavy atom. The monoisotopic (exact) mass is 818 g/mol. The third kappa shape index (κ3) is 17.3. The van der Waals surface area contributed by atoms with E-state index >= 15 is 0 Å². The number of hydrogen-bond acceptors (Lipinski definition) is 13. The zero-order valence-corrected chi connectivity index (χ0v) is 33.5. The van der Waals surface area contributed by atoms with Crippen LogP contribution in [0, 0.1) is 0 Å². The molecule has 0 saturated carbocycles. The van der Waals surface area contributed by atoms with Crippen LogP contribution in [-0.4, -0.2) is 86.0 Å². The summed E-state index contributed by atoms with van der Waals surface area (Å²) < 4.78 is 63.0. The summed E-state index contributed by atoms with van der Waals surface area (Å²) >= 11 is 0. The van der Waals surface area contributed by atoms with E-state index in [0.29, 0.717) is 35.3 Å². The number of carbonyl (C=O) groups is 4. The predicted molar refractivity (Wildman–Crippen MR) is 206 cm³/mol. The van der Waals surface area contributed by atoms with Crippen LogP contribution in [-0.2, 0) is 64.2 Å². The molecule has 0 spiro atoms. The number of methoxy groups -OCH3 is 4. The number of esters is 4. The summed E-state index contributed by atoms with van der Waals surface area (Å²) in [7, 11) is 3.16. The van der Waals surface area contributed by atoms with E-state index in [1.165, 1.54) is 32.7 Å². The second-order valence-electron chi connectivity index (χ2n) is 11.6. The molecular formula is C38H43ClN2O12S2. The number of benzene rings is 4. The maximum Gasteiger partial charge on any atom is 0.337 e. The van der Waals surface area contributed by atoms with Crippen molar-refractivity contribution in [2.24, 2.45) is 0 Å². The number of rotatable bonds is 13. The normalized spacial score (nSPS) is 10.8. The molecule has 1 N–H and O–H groups in total. The van der Waals surface area contributed by atoms with E-state index in [0.717, 1.165) is 34.8 Å². The van der Waals surface area contributed by atoms with Crippen molar-refractivity contribution in [3.8, 4) is 0 Å². The predicted octanol–water partition coefficient (Wildman–Crippen LogP) is 4.96. The summed E-state index contributed by atoms with van der Waals surface area (Å²) in [4.78, 5) is 45.7. The van der Waals surface area contributed by atoms with Crippen molar-refractivity contribution in [2.75, 3.05) is 41.0 Å². The summed E-state index contributed by atoms with van der Waals surface area (Å²) in [6, 6.07) is 27.6. The molecule has 0 bridgehead atoms. The van der Waals surface area contributed by atoms with Gasteiger partial charge in [-0.05, 0) is 70.8 Å². The first-order valence-electron chi connectivity index (χ1n) is 16.1. The summed E-state index contributed by atoms with van der Waals surface area (Å²) in [5.41, 5.74) is 5.48. The van der Waals surface area contributed by atoms with E-state index in [2.05, 4.69) is 34.9 Å². The number of carbonyl (C=O) groups excluding carboxylic acids is 4. The highest BCUT2D eigenvalue weighted by Crippen LogP contribution is 2.16. The maximum absolute atomic E-state index is 12.2. The van der Waals surface area contributed by atoms with Crippen LogP contribution in [0.4, 0.5) is 0 Å². The maximum atomic E-state index is 12.2. The Hall–Kier alpha value is -5.13. The third-order valence-electron chi connectivity index (χ3n) is 7.35. The van der Waals surface area contributed by atoms with Crippen LogP contribution in [0.3, 0.4) is 0 Å². The van der Waals surface area contributed by atoms with Crippen molar-refractivity contribution in [3.05, 3.63) is 142 Å². The van der Waals surface area contributed by atoms with Gasteiger partial charge in [0.15, 0.2) is 0 Å². The average molecular weight is 819 g/mol. The highest BCUT2D eigenvalue weighted by atomic mass is 35.7. The molecule has 14 nitrogen and oxygen atoms in total. The van der Waals surface area contributed by atoms with Gasteiger partial charge in [0.05, 0.1) is 63.2 Å². The van der Waals surface area contributed by atoms with Crippen LogP contribution in [0.2, 0.25) is 0 Å². The van der Waals surface area contributed by atoms with Crippen LogP contribution in [0.15, 0.2) is 97.1 Å². The van der Waals surface area contributed by atoms with E-state index in [9.17, 15) is 36.0 Å². The molecule has 0 aromatic heterocycles. The first kappa shape index (κ1) is 46.0. The van der Waals surface area contributed by atoms with Gasteiger partial charge in [-0.15, -0.1) is 0 Å². The second kappa shape index (κ2) is 22.3. The van der Waals surface area contributed by atoms with Crippen molar-refractivity contribution in [3.63, 3.8) is 0 Å². The molecule has 0 unspecified atom stereocenters. The lowest BCUT2D eigenvalue weighted by Crippen LogP contribution is -2.29. The van der Waals surface area contributed by atoms with Crippen molar-refractivity contribution in [1.82, 2.24) is 9.62 Å². The highest BCUT2D eigenvalue weighted by molar-refractivity contribution is 8.13. The Bertz CT molecular complexity index is 1960. The van der Waals surface area contributed by atoms with Crippen molar-refractivity contribution >= 4 is 53.6 Å². The fourth-order valence-electron chi connectivity index (χ4n) is 4.53. The molecule has 0 aliphatic carbocycles. The largest absolute Gasteiger partial charge is 0.465 e. The smallest absolute Gasteiger partial charge is 0.337 e. The Labute approximate surface area is 325 Å². The van der Waals surface area contributed by atoms with Gasteiger partial charge in [0, 0.05) is 36.9 Å². The standard InChI is InChI=1S/C19H21NO6S.C18H19NO4.CH3ClO2S/c1-25-18(21)16-8-4-14(5-9-16)12-20(27(3,23)24)13-15-6-10-17(11-7-15)19(22)26-2;1-22-17(20)15-7-3-13(4-8-15)11-19-12-14-5-9-16(10-6-14)18(21)23-2;1-5(2,3)4/h4-11H,12-13H2,1-3H3;3-10,19H,11-12H2,1-2H3;1H3. The first-order chi connectivity index (χ1) is 25.9. The number of nitrogens with one attached hydrogen (secondary N) is 1. The zero-order valence-electron chi connectivity index (χ0n) is 31.1. The quantitative estimate of drug-likeness (QED) is 0.108. The van der Waals surface area contributed by atoms with Gasteiger partial charge in [0.25, 0.3) is 0 Å². The molecule has 55 heavy (non-hydrogen) atoms. The first-order valence-corrected chi connectivity index (χ1v) is 20.7. The van der Waals surface area contributed by atoms with Crippen LogP contribution in [0.25, 0.3) is 0 Å². The van der Waals surface area contributed by atoms with E-state index in [-0.39, 0.29) is 25.0 Å². The molecule has 17 heteroatoms.